The summed E-state index contributed by atoms with van der Waals surface area (Å²) in [6, 6.07) is 0. The maximum atomic E-state index is 12.3. The highest BCUT2D eigenvalue weighted by atomic mass is 16.1. The normalized spacial score (nSPS) is 25.9. The molecule has 0 aromatic heterocycles. The fourth-order valence-corrected chi connectivity index (χ4v) is 2.64. The van der Waals surface area contributed by atoms with Crippen molar-refractivity contribution in [2.75, 3.05) is 20.6 Å². The van der Waals surface area contributed by atoms with Crippen LogP contribution in [0, 0.1) is 11.3 Å². The second-order valence-electron chi connectivity index (χ2n) is 5.67. The van der Waals surface area contributed by atoms with Crippen molar-refractivity contribution in [1.82, 2.24) is 4.90 Å². The maximum Gasteiger partial charge on any atom is 0.157 e. The minimum Gasteiger partial charge on any atom is -0.302 e. The van der Waals surface area contributed by atoms with Gasteiger partial charge in [-0.1, -0.05) is 25.2 Å². The van der Waals surface area contributed by atoms with Crippen molar-refractivity contribution in [3.05, 3.63) is 23.8 Å². The molecule has 0 radical (unpaired) electrons. The number of rotatable bonds is 5. The van der Waals surface area contributed by atoms with E-state index in [1.54, 1.807) is 0 Å². The number of hydrogen-bond donors (Lipinski definition) is 0. The number of nitrogens with zero attached hydrogens (tertiary/aromatic N) is 1. The second-order valence-corrected chi connectivity index (χ2v) is 5.67. The first kappa shape index (κ1) is 12.6. The third-order valence-corrected chi connectivity index (χ3v) is 3.97. The minimum atomic E-state index is -0.116. The van der Waals surface area contributed by atoms with Gasteiger partial charge in [0.2, 0.25) is 0 Å². The SMILES string of the molecule is CCC1C=C(C2(C(=O)CN(C)C)CC2)C=CC1. The van der Waals surface area contributed by atoms with Crippen molar-refractivity contribution >= 4 is 5.78 Å². The Balaban J connectivity index is 2.13. The van der Waals surface area contributed by atoms with Gasteiger partial charge in [0, 0.05) is 0 Å². The largest absolute Gasteiger partial charge is 0.302 e. The van der Waals surface area contributed by atoms with E-state index in [2.05, 4.69) is 25.2 Å². The standard InChI is InChI=1S/C15H23NO/c1-4-12-6-5-7-13(10-12)15(8-9-15)14(17)11-16(2)3/h5,7,10,12H,4,6,8-9,11H2,1-3H3. The monoisotopic (exact) mass is 233 g/mol. The molecule has 17 heavy (non-hydrogen) atoms. The molecule has 1 atom stereocenters. The molecule has 0 N–H and O–H groups in total. The highest BCUT2D eigenvalue weighted by molar-refractivity contribution is 5.93. The molecular formula is C15H23NO. The van der Waals surface area contributed by atoms with Crippen molar-refractivity contribution in [2.24, 2.45) is 11.3 Å². The average molecular weight is 233 g/mol. The van der Waals surface area contributed by atoms with E-state index in [9.17, 15) is 4.79 Å². The first-order valence-electron chi connectivity index (χ1n) is 6.65. The molecule has 0 bridgehead atoms. The molecule has 2 rings (SSSR count). The number of likely N-dealkylation sites (N-methyl/N-ethyl adjacent to an activating group) is 1. The molecule has 2 heteroatoms. The van der Waals surface area contributed by atoms with E-state index in [0.717, 1.165) is 19.3 Å². The number of ketones is 1. The summed E-state index contributed by atoms with van der Waals surface area (Å²) in [5.41, 5.74) is 1.18. The van der Waals surface area contributed by atoms with E-state index < -0.39 is 0 Å². The average Bonchev–Trinajstić information content (AvgIpc) is 3.09. The molecule has 1 unspecified atom stereocenters. The van der Waals surface area contributed by atoms with Crippen LogP contribution in [0.3, 0.4) is 0 Å². The molecule has 1 fully saturated rings. The van der Waals surface area contributed by atoms with E-state index in [1.807, 2.05) is 19.0 Å². The van der Waals surface area contributed by atoms with Gasteiger partial charge < -0.3 is 4.90 Å². The molecule has 0 heterocycles. The van der Waals surface area contributed by atoms with Crippen LogP contribution in [0.4, 0.5) is 0 Å². The summed E-state index contributed by atoms with van der Waals surface area (Å²) in [7, 11) is 3.93. The van der Waals surface area contributed by atoms with Crippen molar-refractivity contribution < 1.29 is 4.79 Å². The van der Waals surface area contributed by atoms with E-state index >= 15 is 0 Å². The zero-order chi connectivity index (χ0) is 12.5. The van der Waals surface area contributed by atoms with Crippen LogP contribution in [0.1, 0.15) is 32.6 Å². The molecule has 0 aliphatic heterocycles. The van der Waals surface area contributed by atoms with Gasteiger partial charge in [-0.05, 0) is 51.3 Å². The Bertz CT molecular complexity index is 361. The number of Topliss-reactive ketones (excluding diaryl/α,β-unsaturated/α-hetero) is 1. The van der Waals surface area contributed by atoms with Crippen molar-refractivity contribution in [1.29, 1.82) is 0 Å². The summed E-state index contributed by atoms with van der Waals surface area (Å²) in [4.78, 5) is 14.3. The maximum absolute atomic E-state index is 12.3. The lowest BCUT2D eigenvalue weighted by Gasteiger charge is -2.23. The number of carbonyl (C=O) groups is 1. The molecule has 2 aliphatic carbocycles. The minimum absolute atomic E-state index is 0.116. The van der Waals surface area contributed by atoms with Gasteiger partial charge in [-0.25, -0.2) is 0 Å². The van der Waals surface area contributed by atoms with E-state index in [0.29, 0.717) is 18.2 Å². The zero-order valence-electron chi connectivity index (χ0n) is 11.2. The van der Waals surface area contributed by atoms with Gasteiger partial charge in [-0.15, -0.1) is 0 Å². The van der Waals surface area contributed by atoms with Gasteiger partial charge in [-0.3, -0.25) is 4.79 Å². The lowest BCUT2D eigenvalue weighted by Crippen LogP contribution is -2.30. The van der Waals surface area contributed by atoms with E-state index in [4.69, 9.17) is 0 Å². The van der Waals surface area contributed by atoms with Gasteiger partial charge in [0.05, 0.1) is 12.0 Å². The third kappa shape index (κ3) is 2.52. The number of allylic oxidation sites excluding steroid dienone is 4. The van der Waals surface area contributed by atoms with Crippen molar-refractivity contribution in [3.63, 3.8) is 0 Å². The fourth-order valence-electron chi connectivity index (χ4n) is 2.64. The molecule has 0 amide bonds. The Morgan fingerprint density at radius 1 is 1.47 bits per heavy atom. The summed E-state index contributed by atoms with van der Waals surface area (Å²) in [5.74, 6) is 1.04. The molecule has 2 aliphatic rings. The molecule has 0 saturated heterocycles. The lowest BCUT2D eigenvalue weighted by molar-refractivity contribution is -0.123. The van der Waals surface area contributed by atoms with Crippen molar-refractivity contribution in [2.45, 2.75) is 32.6 Å². The number of hydrogen-bond acceptors (Lipinski definition) is 2. The molecule has 0 spiro atoms. The first-order valence-corrected chi connectivity index (χ1v) is 6.65. The lowest BCUT2D eigenvalue weighted by atomic mass is 9.83. The molecule has 1 saturated carbocycles. The molecule has 0 aromatic rings. The van der Waals surface area contributed by atoms with Crippen LogP contribution in [-0.2, 0) is 4.79 Å². The van der Waals surface area contributed by atoms with Crippen LogP contribution in [0.25, 0.3) is 0 Å². The zero-order valence-corrected chi connectivity index (χ0v) is 11.2. The fraction of sp³-hybridized carbons (Fsp3) is 0.667. The second kappa shape index (κ2) is 4.77. The van der Waals surface area contributed by atoms with Crippen LogP contribution in [-0.4, -0.2) is 31.3 Å². The summed E-state index contributed by atoms with van der Waals surface area (Å²) >= 11 is 0. The van der Waals surface area contributed by atoms with Gasteiger partial charge in [0.1, 0.15) is 0 Å². The smallest absolute Gasteiger partial charge is 0.157 e. The van der Waals surface area contributed by atoms with Crippen LogP contribution in [0.2, 0.25) is 0 Å². The highest BCUT2D eigenvalue weighted by Gasteiger charge is 2.51. The number of carbonyl (C=O) groups excluding carboxylic acids is 1. The first-order chi connectivity index (χ1) is 8.08. The van der Waals surface area contributed by atoms with Gasteiger partial charge >= 0.3 is 0 Å². The molecular weight excluding hydrogens is 210 g/mol. The molecule has 2 nitrogen and oxygen atoms in total. The van der Waals surface area contributed by atoms with Crippen LogP contribution >= 0.6 is 0 Å². The summed E-state index contributed by atoms with van der Waals surface area (Å²) in [6.07, 6.45) is 11.2. The molecule has 0 aromatic carbocycles. The Hall–Kier alpha value is -0.890. The Morgan fingerprint density at radius 3 is 2.71 bits per heavy atom. The van der Waals surface area contributed by atoms with Crippen LogP contribution < -0.4 is 0 Å². The quantitative estimate of drug-likeness (QED) is 0.728. The van der Waals surface area contributed by atoms with E-state index in [-0.39, 0.29) is 5.41 Å². The predicted octanol–water partition coefficient (Wildman–Crippen LogP) is 2.81. The van der Waals surface area contributed by atoms with Crippen LogP contribution in [0.5, 0.6) is 0 Å². The topological polar surface area (TPSA) is 20.3 Å². The van der Waals surface area contributed by atoms with Gasteiger partial charge in [0.25, 0.3) is 0 Å². The Morgan fingerprint density at radius 2 is 2.18 bits per heavy atom. The van der Waals surface area contributed by atoms with Gasteiger partial charge in [-0.2, -0.15) is 0 Å². The van der Waals surface area contributed by atoms with Gasteiger partial charge in [0.15, 0.2) is 5.78 Å². The summed E-state index contributed by atoms with van der Waals surface area (Å²) in [6.45, 7) is 2.79. The Labute approximate surface area is 104 Å². The van der Waals surface area contributed by atoms with Crippen LogP contribution in [0.15, 0.2) is 23.8 Å². The molecule has 94 valence electrons. The summed E-state index contributed by atoms with van der Waals surface area (Å²) in [5, 5.41) is 0. The summed E-state index contributed by atoms with van der Waals surface area (Å²) < 4.78 is 0. The van der Waals surface area contributed by atoms with E-state index in [1.165, 1.54) is 12.0 Å². The third-order valence-electron chi connectivity index (χ3n) is 3.97. The van der Waals surface area contributed by atoms with Crippen molar-refractivity contribution in [3.8, 4) is 0 Å². The Kier molecular flexibility index (Phi) is 3.53. The predicted molar refractivity (Wildman–Crippen MR) is 70.8 cm³/mol. The highest BCUT2D eigenvalue weighted by Crippen LogP contribution is 2.54.